The van der Waals surface area contributed by atoms with E-state index in [0.717, 1.165) is 49.9 Å². The van der Waals surface area contributed by atoms with Crippen LogP contribution in [-0.2, 0) is 11.2 Å². The first kappa shape index (κ1) is 17.5. The summed E-state index contributed by atoms with van der Waals surface area (Å²) >= 11 is 0. The molecule has 116 valence electrons. The molecule has 1 aromatic carbocycles. The van der Waals surface area contributed by atoms with Crippen molar-refractivity contribution in [3.63, 3.8) is 0 Å². The second-order valence-electron chi connectivity index (χ2n) is 5.40. The van der Waals surface area contributed by atoms with Gasteiger partial charge in [-0.05, 0) is 37.3 Å². The lowest BCUT2D eigenvalue weighted by Crippen LogP contribution is -2.33. The summed E-state index contributed by atoms with van der Waals surface area (Å²) < 4.78 is 0. The third kappa shape index (κ3) is 4.73. The van der Waals surface area contributed by atoms with Gasteiger partial charge < -0.3 is 4.90 Å². The van der Waals surface area contributed by atoms with Crippen LogP contribution in [0.5, 0.6) is 0 Å². The van der Waals surface area contributed by atoms with Gasteiger partial charge in [0, 0.05) is 18.7 Å². The first-order valence-electron chi connectivity index (χ1n) is 8.23. The Labute approximate surface area is 129 Å². The van der Waals surface area contributed by atoms with Crippen LogP contribution in [0, 0.1) is 0 Å². The summed E-state index contributed by atoms with van der Waals surface area (Å²) in [5.41, 5.74) is 3.22. The van der Waals surface area contributed by atoms with Crippen LogP contribution in [0.4, 0.5) is 0 Å². The highest BCUT2D eigenvalue weighted by Crippen LogP contribution is 2.23. The van der Waals surface area contributed by atoms with Crippen LogP contribution >= 0.6 is 0 Å². The molecule has 0 atom stereocenters. The quantitative estimate of drug-likeness (QED) is 0.635. The molecule has 1 rings (SSSR count). The van der Waals surface area contributed by atoms with Crippen molar-refractivity contribution in [2.24, 2.45) is 0 Å². The van der Waals surface area contributed by atoms with Crippen LogP contribution in [0.2, 0.25) is 0 Å². The Bertz CT molecular complexity index is 470. The second-order valence-corrected chi connectivity index (χ2v) is 5.40. The Morgan fingerprint density at radius 3 is 2.19 bits per heavy atom. The topological polar surface area (TPSA) is 20.3 Å². The predicted molar refractivity (Wildman–Crippen MR) is 91.3 cm³/mol. The monoisotopic (exact) mass is 287 g/mol. The van der Waals surface area contributed by atoms with Gasteiger partial charge in [-0.1, -0.05) is 57.5 Å². The minimum absolute atomic E-state index is 0.171. The van der Waals surface area contributed by atoms with E-state index < -0.39 is 0 Å². The predicted octanol–water partition coefficient (Wildman–Crippen LogP) is 4.69. The fourth-order valence-corrected chi connectivity index (χ4v) is 2.69. The molecule has 1 amide bonds. The maximum Gasteiger partial charge on any atom is 0.254 e. The highest BCUT2D eigenvalue weighted by Gasteiger charge is 2.19. The third-order valence-electron chi connectivity index (χ3n) is 3.62. The van der Waals surface area contributed by atoms with Gasteiger partial charge in [-0.15, -0.1) is 0 Å². The highest BCUT2D eigenvalue weighted by atomic mass is 16.2. The molecule has 0 aliphatic rings. The summed E-state index contributed by atoms with van der Waals surface area (Å²) in [5.74, 6) is 0.171. The fraction of sp³-hybridized carbons (Fsp3) is 0.526. The van der Waals surface area contributed by atoms with Crippen LogP contribution in [0.3, 0.4) is 0 Å². The molecule has 0 bridgehead atoms. The molecule has 0 heterocycles. The molecule has 0 aliphatic carbocycles. The van der Waals surface area contributed by atoms with Gasteiger partial charge in [-0.2, -0.15) is 0 Å². The molecule has 21 heavy (non-hydrogen) atoms. The Hall–Kier alpha value is -1.57. The van der Waals surface area contributed by atoms with Crippen LogP contribution in [0.25, 0.3) is 5.57 Å². The van der Waals surface area contributed by atoms with E-state index in [1.54, 1.807) is 0 Å². The minimum atomic E-state index is 0.171. The molecule has 0 saturated carbocycles. The summed E-state index contributed by atoms with van der Waals surface area (Å²) in [7, 11) is 0. The summed E-state index contributed by atoms with van der Waals surface area (Å²) in [6, 6.07) is 8.30. The molecule has 0 aliphatic heterocycles. The number of amides is 1. The van der Waals surface area contributed by atoms with Gasteiger partial charge in [0.2, 0.25) is 0 Å². The Balaban J connectivity index is 3.09. The van der Waals surface area contributed by atoms with Crippen molar-refractivity contribution in [2.45, 2.75) is 53.4 Å². The number of aryl methyl sites for hydroxylation is 1. The van der Waals surface area contributed by atoms with Gasteiger partial charge in [0.05, 0.1) is 0 Å². The van der Waals surface area contributed by atoms with Gasteiger partial charge in [0.1, 0.15) is 0 Å². The van der Waals surface area contributed by atoms with Crippen LogP contribution in [0.15, 0.2) is 30.3 Å². The first-order valence-corrected chi connectivity index (χ1v) is 8.23. The second kappa shape index (κ2) is 9.38. The molecular weight excluding hydrogens is 258 g/mol. The molecule has 0 fully saturated rings. The maximum absolute atomic E-state index is 12.9. The summed E-state index contributed by atoms with van der Waals surface area (Å²) in [6.45, 7) is 10.0. The average Bonchev–Trinajstić information content (AvgIpc) is 2.49. The number of allylic oxidation sites excluding steroid dienone is 1. The van der Waals surface area contributed by atoms with Gasteiger partial charge in [0.15, 0.2) is 0 Å². The van der Waals surface area contributed by atoms with Crippen LogP contribution < -0.4 is 0 Å². The summed E-state index contributed by atoms with van der Waals surface area (Å²) in [6.07, 6.45) is 6.08. The Morgan fingerprint density at radius 2 is 1.67 bits per heavy atom. The van der Waals surface area contributed by atoms with Gasteiger partial charge in [0.25, 0.3) is 5.91 Å². The zero-order valence-electron chi connectivity index (χ0n) is 14.0. The summed E-state index contributed by atoms with van der Waals surface area (Å²) in [5, 5.41) is 0. The number of carbonyl (C=O) groups is 1. The third-order valence-corrected chi connectivity index (χ3v) is 3.62. The van der Waals surface area contributed by atoms with E-state index in [0.29, 0.717) is 0 Å². The van der Waals surface area contributed by atoms with Gasteiger partial charge in [-0.25, -0.2) is 0 Å². The van der Waals surface area contributed by atoms with E-state index in [1.807, 2.05) is 24.0 Å². The lowest BCUT2D eigenvalue weighted by atomic mass is 9.95. The van der Waals surface area contributed by atoms with Crippen molar-refractivity contribution in [3.05, 3.63) is 41.5 Å². The summed E-state index contributed by atoms with van der Waals surface area (Å²) in [4.78, 5) is 14.9. The number of rotatable bonds is 8. The molecule has 0 unspecified atom stereocenters. The lowest BCUT2D eigenvalue weighted by molar-refractivity contribution is -0.125. The van der Waals surface area contributed by atoms with E-state index >= 15 is 0 Å². The average molecular weight is 287 g/mol. The molecule has 0 N–H and O–H groups in total. The lowest BCUT2D eigenvalue weighted by Gasteiger charge is -2.24. The number of nitrogens with zero attached hydrogens (tertiary/aromatic N) is 1. The number of benzene rings is 1. The van der Waals surface area contributed by atoms with Crippen molar-refractivity contribution in [3.8, 4) is 0 Å². The molecule has 0 aromatic heterocycles. The van der Waals surface area contributed by atoms with Gasteiger partial charge in [-0.3, -0.25) is 4.79 Å². The van der Waals surface area contributed by atoms with E-state index in [4.69, 9.17) is 0 Å². The van der Waals surface area contributed by atoms with Crippen molar-refractivity contribution in [1.29, 1.82) is 0 Å². The fourth-order valence-electron chi connectivity index (χ4n) is 2.69. The van der Waals surface area contributed by atoms with Crippen molar-refractivity contribution < 1.29 is 4.79 Å². The number of hydrogen-bond acceptors (Lipinski definition) is 1. The van der Waals surface area contributed by atoms with E-state index in [9.17, 15) is 4.79 Å². The van der Waals surface area contributed by atoms with Crippen molar-refractivity contribution >= 4 is 11.5 Å². The molecule has 0 radical (unpaired) electrons. The molecule has 2 nitrogen and oxygen atoms in total. The largest absolute Gasteiger partial charge is 0.339 e. The van der Waals surface area contributed by atoms with E-state index in [1.165, 1.54) is 5.56 Å². The first-order chi connectivity index (χ1) is 10.2. The van der Waals surface area contributed by atoms with E-state index in [2.05, 4.69) is 39.0 Å². The zero-order valence-corrected chi connectivity index (χ0v) is 14.0. The molecule has 1 aromatic rings. The molecule has 0 spiro atoms. The van der Waals surface area contributed by atoms with Crippen molar-refractivity contribution in [2.75, 3.05) is 13.1 Å². The Kier molecular flexibility index (Phi) is 7.81. The maximum atomic E-state index is 12.9. The van der Waals surface area contributed by atoms with Gasteiger partial charge >= 0.3 is 0 Å². The highest BCUT2D eigenvalue weighted by molar-refractivity contribution is 6.19. The SMILES string of the molecule is C/C=C(/C(=O)N(CCC)CCC)c1ccccc1CCC. The minimum Gasteiger partial charge on any atom is -0.339 e. The molecule has 0 saturated heterocycles. The molecule has 2 heteroatoms. The van der Waals surface area contributed by atoms with E-state index in [-0.39, 0.29) is 5.91 Å². The standard InChI is InChI=1S/C19H29NO/c1-5-11-16-12-9-10-13-18(16)17(8-4)19(21)20(14-6-2)15-7-3/h8-10,12-13H,5-7,11,14-15H2,1-4H3/b17-8+. The smallest absolute Gasteiger partial charge is 0.254 e. The van der Waals surface area contributed by atoms with Crippen molar-refractivity contribution in [1.82, 2.24) is 4.90 Å². The number of carbonyl (C=O) groups excluding carboxylic acids is 1. The van der Waals surface area contributed by atoms with Crippen LogP contribution in [0.1, 0.15) is 58.1 Å². The molecular formula is C19H29NO. The number of hydrogen-bond donors (Lipinski definition) is 0. The van der Waals surface area contributed by atoms with Crippen LogP contribution in [-0.4, -0.2) is 23.9 Å². The Morgan fingerprint density at radius 1 is 1.05 bits per heavy atom. The zero-order chi connectivity index (χ0) is 15.7. The normalized spacial score (nSPS) is 11.5.